The molecule has 1 atom stereocenters. The van der Waals surface area contributed by atoms with E-state index in [9.17, 15) is 26.8 Å². The van der Waals surface area contributed by atoms with Gasteiger partial charge in [0.25, 0.3) is 15.9 Å². The Morgan fingerprint density at radius 3 is 2.03 bits per heavy atom. The van der Waals surface area contributed by atoms with Gasteiger partial charge in [0.05, 0.1) is 10.9 Å². The molecule has 1 amide bonds. The molecule has 0 aromatic heterocycles. The van der Waals surface area contributed by atoms with Crippen molar-refractivity contribution < 1.29 is 26.8 Å². The van der Waals surface area contributed by atoms with Crippen LogP contribution in [0.4, 0.5) is 14.5 Å². The van der Waals surface area contributed by atoms with Crippen LogP contribution in [0.25, 0.3) is 0 Å². The molecular formula is C23H20F2N2O4S. The monoisotopic (exact) mass is 458 g/mol. The van der Waals surface area contributed by atoms with E-state index in [4.69, 9.17) is 0 Å². The number of ketones is 1. The first kappa shape index (κ1) is 23.1. The van der Waals surface area contributed by atoms with Crippen molar-refractivity contribution in [1.29, 1.82) is 0 Å². The van der Waals surface area contributed by atoms with Crippen LogP contribution in [-0.2, 0) is 10.0 Å². The zero-order chi connectivity index (χ0) is 23.5. The number of benzene rings is 3. The third-order valence-electron chi connectivity index (χ3n) is 4.75. The molecule has 9 heteroatoms. The fraction of sp³-hybridized carbons (Fsp3) is 0.130. The summed E-state index contributed by atoms with van der Waals surface area (Å²) in [5, 5.41) is 2.61. The molecule has 1 unspecified atom stereocenters. The van der Waals surface area contributed by atoms with Gasteiger partial charge in [0.1, 0.15) is 11.6 Å². The van der Waals surface area contributed by atoms with Gasteiger partial charge in [-0.05, 0) is 56.3 Å². The van der Waals surface area contributed by atoms with Crippen molar-refractivity contribution in [3.8, 4) is 0 Å². The number of anilines is 1. The number of carbonyl (C=O) groups excluding carboxylic acids is 2. The summed E-state index contributed by atoms with van der Waals surface area (Å²) in [6.07, 6.45) is 0. The van der Waals surface area contributed by atoms with Crippen molar-refractivity contribution in [2.45, 2.75) is 24.8 Å². The maximum absolute atomic E-state index is 13.9. The van der Waals surface area contributed by atoms with Gasteiger partial charge in [-0.15, -0.1) is 0 Å². The van der Waals surface area contributed by atoms with Crippen molar-refractivity contribution in [3.63, 3.8) is 0 Å². The van der Waals surface area contributed by atoms with Crippen LogP contribution >= 0.6 is 0 Å². The van der Waals surface area contributed by atoms with Crippen LogP contribution in [0.1, 0.15) is 46.2 Å². The van der Waals surface area contributed by atoms with Gasteiger partial charge in [0.2, 0.25) is 0 Å². The highest BCUT2D eigenvalue weighted by Gasteiger charge is 2.17. The lowest BCUT2D eigenvalue weighted by molar-refractivity contribution is 0.0938. The molecule has 2 N–H and O–H groups in total. The van der Waals surface area contributed by atoms with E-state index in [0.717, 1.165) is 12.1 Å². The van der Waals surface area contributed by atoms with E-state index in [2.05, 4.69) is 10.0 Å². The molecule has 3 rings (SSSR count). The van der Waals surface area contributed by atoms with Crippen LogP contribution < -0.4 is 10.0 Å². The van der Waals surface area contributed by atoms with Crippen LogP contribution in [0.2, 0.25) is 0 Å². The van der Waals surface area contributed by atoms with Crippen molar-refractivity contribution in [1.82, 2.24) is 5.32 Å². The van der Waals surface area contributed by atoms with Crippen LogP contribution in [0, 0.1) is 11.6 Å². The topological polar surface area (TPSA) is 92.3 Å². The zero-order valence-electron chi connectivity index (χ0n) is 17.2. The fourth-order valence-corrected chi connectivity index (χ4v) is 4.04. The molecule has 0 aliphatic carbocycles. The first-order valence-corrected chi connectivity index (χ1v) is 11.0. The molecule has 0 heterocycles. The molecule has 0 spiro atoms. The Labute approximate surface area is 184 Å². The van der Waals surface area contributed by atoms with E-state index >= 15 is 0 Å². The second-order valence-corrected chi connectivity index (χ2v) is 8.81. The second-order valence-electron chi connectivity index (χ2n) is 7.12. The Hall–Kier alpha value is -3.59. The van der Waals surface area contributed by atoms with Gasteiger partial charge in [-0.2, -0.15) is 0 Å². The minimum atomic E-state index is -3.89. The summed E-state index contributed by atoms with van der Waals surface area (Å²) in [5.41, 5.74) is 0.997. The highest BCUT2D eigenvalue weighted by Crippen LogP contribution is 2.20. The molecule has 0 fully saturated rings. The Morgan fingerprint density at radius 1 is 0.875 bits per heavy atom. The zero-order valence-corrected chi connectivity index (χ0v) is 18.0. The molecule has 166 valence electrons. The molecule has 3 aromatic carbocycles. The average Bonchev–Trinajstić information content (AvgIpc) is 2.73. The predicted octanol–water partition coefficient (Wildman–Crippen LogP) is 4.46. The number of Topliss-reactive ketones (excluding diaryl/α,β-unsaturated/α-hetero) is 1. The van der Waals surface area contributed by atoms with Gasteiger partial charge < -0.3 is 5.32 Å². The number of hydrogen-bond donors (Lipinski definition) is 2. The Kier molecular flexibility index (Phi) is 6.69. The summed E-state index contributed by atoms with van der Waals surface area (Å²) >= 11 is 0. The predicted molar refractivity (Wildman–Crippen MR) is 116 cm³/mol. The molecule has 6 nitrogen and oxygen atoms in total. The summed E-state index contributed by atoms with van der Waals surface area (Å²) in [4.78, 5) is 23.8. The summed E-state index contributed by atoms with van der Waals surface area (Å²) in [6, 6.07) is 13.6. The highest BCUT2D eigenvalue weighted by molar-refractivity contribution is 7.92. The summed E-state index contributed by atoms with van der Waals surface area (Å²) < 4.78 is 54.4. The lowest BCUT2D eigenvalue weighted by Gasteiger charge is -2.15. The van der Waals surface area contributed by atoms with E-state index in [0.29, 0.717) is 5.56 Å². The second kappa shape index (κ2) is 9.27. The molecule has 3 aromatic rings. The van der Waals surface area contributed by atoms with Crippen LogP contribution in [0.15, 0.2) is 71.6 Å². The first-order valence-electron chi connectivity index (χ1n) is 9.56. The quantitative estimate of drug-likeness (QED) is 0.512. The van der Waals surface area contributed by atoms with Crippen LogP contribution in [-0.4, -0.2) is 20.1 Å². The summed E-state index contributed by atoms with van der Waals surface area (Å²) in [6.45, 7) is 2.95. The number of nitrogens with one attached hydrogen (secondary N) is 2. The number of carbonyl (C=O) groups is 2. The minimum Gasteiger partial charge on any atom is -0.345 e. The minimum absolute atomic E-state index is 0.0144. The van der Waals surface area contributed by atoms with Gasteiger partial charge >= 0.3 is 0 Å². The van der Waals surface area contributed by atoms with Gasteiger partial charge in [0.15, 0.2) is 5.78 Å². The van der Waals surface area contributed by atoms with Gasteiger partial charge in [-0.3, -0.25) is 14.3 Å². The first-order chi connectivity index (χ1) is 15.1. The van der Waals surface area contributed by atoms with Crippen molar-refractivity contribution >= 4 is 27.4 Å². The molecule has 0 bridgehead atoms. The number of amides is 1. The van der Waals surface area contributed by atoms with E-state index in [1.54, 1.807) is 6.92 Å². The average molecular weight is 458 g/mol. The van der Waals surface area contributed by atoms with E-state index in [1.807, 2.05) is 0 Å². The lowest BCUT2D eigenvalue weighted by atomic mass is 10.1. The Balaban J connectivity index is 1.68. The molecule has 32 heavy (non-hydrogen) atoms. The van der Waals surface area contributed by atoms with E-state index in [1.165, 1.54) is 61.5 Å². The SMILES string of the molecule is CC(=O)c1ccc(S(=O)(=O)Nc2ccc(C(=O)NC(C)c3ccc(F)cc3F)cc2)cc1. The molecule has 0 saturated heterocycles. The number of rotatable bonds is 7. The summed E-state index contributed by atoms with van der Waals surface area (Å²) in [5.74, 6) is -2.15. The maximum Gasteiger partial charge on any atom is 0.261 e. The normalized spacial score (nSPS) is 12.1. The van der Waals surface area contributed by atoms with Crippen molar-refractivity contribution in [2.75, 3.05) is 4.72 Å². The molecule has 0 radical (unpaired) electrons. The van der Waals surface area contributed by atoms with Crippen LogP contribution in [0.5, 0.6) is 0 Å². The molecule has 0 aliphatic heterocycles. The summed E-state index contributed by atoms with van der Waals surface area (Å²) in [7, 11) is -3.89. The molecular weight excluding hydrogens is 438 g/mol. The van der Waals surface area contributed by atoms with Crippen molar-refractivity contribution in [3.05, 3.63) is 95.1 Å². The van der Waals surface area contributed by atoms with Gasteiger partial charge in [-0.25, -0.2) is 17.2 Å². The standard InChI is InChI=1S/C23H20F2N2O4S/c1-14(21-12-7-18(24)13-22(21)25)26-23(29)17-3-8-19(9-4-17)27-32(30,31)20-10-5-16(6-11-20)15(2)28/h3-14,27H,1-2H3,(H,26,29). The smallest absolute Gasteiger partial charge is 0.261 e. The number of sulfonamides is 1. The Morgan fingerprint density at radius 2 is 1.47 bits per heavy atom. The number of hydrogen-bond acceptors (Lipinski definition) is 4. The van der Waals surface area contributed by atoms with Gasteiger partial charge in [0, 0.05) is 28.4 Å². The third kappa shape index (κ3) is 5.36. The Bertz CT molecular complexity index is 1260. The third-order valence-corrected chi connectivity index (χ3v) is 6.14. The highest BCUT2D eigenvalue weighted by atomic mass is 32.2. The maximum atomic E-state index is 13.9. The molecule has 0 saturated carbocycles. The van der Waals surface area contributed by atoms with Crippen LogP contribution in [0.3, 0.4) is 0 Å². The molecule has 0 aliphatic rings. The lowest BCUT2D eigenvalue weighted by Crippen LogP contribution is -2.27. The largest absolute Gasteiger partial charge is 0.345 e. The fourth-order valence-electron chi connectivity index (χ4n) is 2.98. The number of halogens is 2. The van der Waals surface area contributed by atoms with E-state index in [-0.39, 0.29) is 27.5 Å². The van der Waals surface area contributed by atoms with Gasteiger partial charge in [-0.1, -0.05) is 18.2 Å². The van der Waals surface area contributed by atoms with E-state index < -0.39 is 33.6 Å². The van der Waals surface area contributed by atoms with Crippen molar-refractivity contribution in [2.24, 2.45) is 0 Å².